The largest absolute Gasteiger partial charge is 0.481 e. The van der Waals surface area contributed by atoms with Gasteiger partial charge in [-0.1, -0.05) is 21.9 Å². The molecule has 2 rings (SSSR count). The van der Waals surface area contributed by atoms with Crippen molar-refractivity contribution in [2.45, 2.75) is 0 Å². The molecule has 0 aliphatic carbocycles. The summed E-state index contributed by atoms with van der Waals surface area (Å²) >= 11 is 0. The molecule has 0 spiro atoms. The van der Waals surface area contributed by atoms with Crippen LogP contribution in [0.1, 0.15) is 0 Å². The van der Waals surface area contributed by atoms with Crippen LogP contribution in [0.3, 0.4) is 0 Å². The Morgan fingerprint density at radius 2 is 1.50 bits per heavy atom. The van der Waals surface area contributed by atoms with Gasteiger partial charge in [-0.25, -0.2) is 31.1 Å². The number of thiol groups is 1. The number of aromatic nitrogens is 2. The lowest BCUT2D eigenvalue weighted by Crippen LogP contribution is -2.45. The molecule has 0 bridgehead atoms. The molecule has 0 radical (unpaired) electrons. The Balaban J connectivity index is 0.000000420. The van der Waals surface area contributed by atoms with E-state index in [0.29, 0.717) is 10.6 Å². The van der Waals surface area contributed by atoms with E-state index in [1.165, 1.54) is 37.1 Å². The van der Waals surface area contributed by atoms with Crippen LogP contribution in [-0.4, -0.2) is 78.5 Å². The molecule has 2 aromatic rings. The van der Waals surface area contributed by atoms with Crippen LogP contribution in [0.4, 0.5) is 21.2 Å². The number of primary amides is 1. The third kappa shape index (κ3) is 9.13. The highest BCUT2D eigenvalue weighted by Gasteiger charge is 2.28. The number of hydrogen-bond donors (Lipinski definition) is 4. The first-order chi connectivity index (χ1) is 16.6. The molecule has 0 fully saturated rings. The standard InChI is InChI=1S/C9H15N5O7S2.C7H8N2O3S/c1-14(22(4,16)17)23(18,19)13-9(15)12-8-10-6(20-2)5-7(11-8)21-3;8-7(10)9(13(11)12)6-4-2-1-3-5-6/h5H,1-4H3,(H2,10,11,12,13,15);1-5,13H,(H2,8,10). The van der Waals surface area contributed by atoms with Crippen molar-refractivity contribution < 1.29 is 44.3 Å². The first-order valence-electron chi connectivity index (χ1n) is 9.16. The molecule has 1 aromatic heterocycles. The van der Waals surface area contributed by atoms with Crippen LogP contribution < -0.4 is 29.6 Å². The number of amides is 4. The summed E-state index contributed by atoms with van der Waals surface area (Å²) in [7, 11) is -8.29. The molecule has 0 aliphatic rings. The van der Waals surface area contributed by atoms with Gasteiger partial charge < -0.3 is 15.2 Å². The first kappa shape index (κ1) is 30.3. The molecule has 0 saturated heterocycles. The lowest BCUT2D eigenvalue weighted by Gasteiger charge is -2.15. The van der Waals surface area contributed by atoms with Crippen LogP contribution in [0.15, 0.2) is 36.4 Å². The number of carbonyl (C=O) groups is 2. The molecule has 4 N–H and O–H groups in total. The van der Waals surface area contributed by atoms with E-state index >= 15 is 0 Å². The van der Waals surface area contributed by atoms with Gasteiger partial charge in [0, 0.05) is 7.05 Å². The number of nitrogens with two attached hydrogens (primary N) is 1. The van der Waals surface area contributed by atoms with E-state index in [2.05, 4.69) is 9.97 Å². The van der Waals surface area contributed by atoms with Gasteiger partial charge in [0.05, 0.1) is 32.2 Å². The topological polar surface area (TPSA) is 237 Å². The summed E-state index contributed by atoms with van der Waals surface area (Å²) in [4.78, 5) is 29.9. The maximum Gasteiger partial charge on any atom is 0.336 e. The van der Waals surface area contributed by atoms with Crippen molar-refractivity contribution in [1.82, 2.24) is 18.4 Å². The van der Waals surface area contributed by atoms with Crippen molar-refractivity contribution in [2.24, 2.45) is 5.73 Å². The Bertz CT molecular complexity index is 1340. The number of rotatable bonds is 8. The number of urea groups is 2. The number of benzene rings is 1. The highest BCUT2D eigenvalue weighted by atomic mass is 32.3. The fourth-order valence-corrected chi connectivity index (χ4v) is 4.46. The quantitative estimate of drug-likeness (QED) is 0.276. The number of nitrogens with one attached hydrogen (secondary N) is 2. The maximum atomic E-state index is 11.7. The Morgan fingerprint density at radius 3 is 1.89 bits per heavy atom. The number of para-hydroxylation sites is 1. The van der Waals surface area contributed by atoms with E-state index in [-0.39, 0.29) is 27.1 Å². The third-order valence-electron chi connectivity index (χ3n) is 3.72. The predicted octanol–water partition coefficient (Wildman–Crippen LogP) is -1.15. The van der Waals surface area contributed by atoms with Gasteiger partial charge in [-0.15, -0.1) is 0 Å². The average molecular weight is 570 g/mol. The molecule has 1 aromatic carbocycles. The monoisotopic (exact) mass is 569 g/mol. The van der Waals surface area contributed by atoms with E-state index in [1.807, 2.05) is 5.32 Å². The van der Waals surface area contributed by atoms with Crippen LogP contribution in [0, 0.1) is 0 Å². The molecular weight excluding hydrogens is 546 g/mol. The van der Waals surface area contributed by atoms with Gasteiger partial charge in [-0.05, 0) is 12.1 Å². The van der Waals surface area contributed by atoms with Crippen LogP contribution >= 0.6 is 0 Å². The predicted molar refractivity (Wildman–Crippen MR) is 128 cm³/mol. The van der Waals surface area contributed by atoms with Crippen LogP contribution in [0.2, 0.25) is 0 Å². The van der Waals surface area contributed by atoms with Gasteiger partial charge in [-0.3, -0.25) is 5.32 Å². The Labute approximate surface area is 208 Å². The molecule has 0 saturated carbocycles. The van der Waals surface area contributed by atoms with Crippen LogP contribution in [-0.2, 0) is 31.1 Å². The number of methoxy groups -OCH3 is 2. The second-order valence-corrected chi connectivity index (χ2v) is 11.0. The van der Waals surface area contributed by atoms with Crippen molar-refractivity contribution in [3.05, 3.63) is 36.4 Å². The third-order valence-corrected chi connectivity index (χ3v) is 7.93. The van der Waals surface area contributed by atoms with Gasteiger partial charge in [0.2, 0.25) is 38.6 Å². The minimum atomic E-state index is -4.60. The molecule has 200 valence electrons. The lowest BCUT2D eigenvalue weighted by atomic mass is 10.3. The van der Waals surface area contributed by atoms with E-state index in [0.717, 1.165) is 7.05 Å². The summed E-state index contributed by atoms with van der Waals surface area (Å²) in [5, 5.41) is 2.02. The van der Waals surface area contributed by atoms with Crippen molar-refractivity contribution in [3.8, 4) is 11.8 Å². The molecule has 20 heteroatoms. The zero-order chi connectivity index (χ0) is 27.7. The Kier molecular flexibility index (Phi) is 10.8. The Morgan fingerprint density at radius 1 is 1.00 bits per heavy atom. The molecule has 1 heterocycles. The highest BCUT2D eigenvalue weighted by Crippen LogP contribution is 2.17. The first-order valence-corrected chi connectivity index (χ1v) is 13.6. The van der Waals surface area contributed by atoms with Gasteiger partial charge >= 0.3 is 22.3 Å². The number of sulfonamides is 1. The van der Waals surface area contributed by atoms with Crippen molar-refractivity contribution in [2.75, 3.05) is 37.1 Å². The van der Waals surface area contributed by atoms with Crippen molar-refractivity contribution in [1.29, 1.82) is 0 Å². The number of hydrogen-bond acceptors (Lipinski definition) is 12. The van der Waals surface area contributed by atoms with E-state index in [9.17, 15) is 34.8 Å². The minimum absolute atomic E-state index is 0.00654. The summed E-state index contributed by atoms with van der Waals surface area (Å²) in [6.45, 7) is 0. The fraction of sp³-hybridized carbons (Fsp3) is 0.250. The summed E-state index contributed by atoms with van der Waals surface area (Å²) in [6.07, 6.45) is 0.667. The minimum Gasteiger partial charge on any atom is -0.481 e. The number of nitrogens with zero attached hydrogens (tertiary/aromatic N) is 4. The van der Waals surface area contributed by atoms with E-state index < -0.39 is 43.2 Å². The number of ether oxygens (including phenoxy) is 2. The number of anilines is 2. The normalized spacial score (nSPS) is 11.2. The second-order valence-electron chi connectivity index (χ2n) is 6.20. The summed E-state index contributed by atoms with van der Waals surface area (Å²) in [6, 6.07) is 6.95. The summed E-state index contributed by atoms with van der Waals surface area (Å²) in [5.41, 5.74) is 5.11. The maximum absolute atomic E-state index is 11.7. The van der Waals surface area contributed by atoms with Crippen LogP contribution in [0.25, 0.3) is 0 Å². The zero-order valence-corrected chi connectivity index (χ0v) is 21.7. The van der Waals surface area contributed by atoms with Gasteiger partial charge in [-0.2, -0.15) is 22.7 Å². The molecule has 0 unspecified atom stereocenters. The molecule has 0 atom stereocenters. The smallest absolute Gasteiger partial charge is 0.336 e. The van der Waals surface area contributed by atoms with Gasteiger partial charge in [0.25, 0.3) is 0 Å². The molecule has 0 aliphatic heterocycles. The number of carbonyl (C=O) groups excluding carboxylic acids is 2. The van der Waals surface area contributed by atoms with Gasteiger partial charge in [0.1, 0.15) is 0 Å². The fourth-order valence-electron chi connectivity index (χ4n) is 2.03. The molecule has 17 nitrogen and oxygen atoms in total. The summed E-state index contributed by atoms with van der Waals surface area (Å²) < 4.78 is 78.7. The van der Waals surface area contributed by atoms with Crippen molar-refractivity contribution >= 4 is 54.8 Å². The Hall–Kier alpha value is -3.75. The van der Waals surface area contributed by atoms with Crippen LogP contribution in [0.5, 0.6) is 11.8 Å². The molecule has 36 heavy (non-hydrogen) atoms. The highest BCUT2D eigenvalue weighted by molar-refractivity contribution is 8.03. The average Bonchev–Trinajstić information content (AvgIpc) is 2.77. The van der Waals surface area contributed by atoms with E-state index in [1.54, 1.807) is 18.2 Å². The SMILES string of the molecule is COc1cc(OC)nc(NC(=O)NS(=O)(=O)N(C)S(C)(=O)=O)n1.NC(=O)N(c1ccccc1)[SH](=O)=O. The second kappa shape index (κ2) is 12.8. The van der Waals surface area contributed by atoms with Gasteiger partial charge in [0.15, 0.2) is 0 Å². The van der Waals surface area contributed by atoms with Crippen molar-refractivity contribution in [3.63, 3.8) is 0 Å². The van der Waals surface area contributed by atoms with E-state index in [4.69, 9.17) is 15.2 Å². The lowest BCUT2D eigenvalue weighted by molar-refractivity contribution is 0.255. The summed E-state index contributed by atoms with van der Waals surface area (Å²) in [5.74, 6) is -0.192. The molecular formula is C16H23N7O10S3. The molecule has 4 amide bonds. The zero-order valence-electron chi connectivity index (χ0n) is 19.2.